The zero-order valence-corrected chi connectivity index (χ0v) is 15.6. The number of carbonyl (C=O) groups excluding carboxylic acids is 1. The van der Waals surface area contributed by atoms with E-state index in [1.807, 2.05) is 38.1 Å². The third kappa shape index (κ3) is 4.30. The molecular weight excluding hydrogens is 338 g/mol. The van der Waals surface area contributed by atoms with Crippen molar-refractivity contribution in [1.29, 1.82) is 0 Å². The molecule has 0 aromatic heterocycles. The Kier molecular flexibility index (Phi) is 6.41. The summed E-state index contributed by atoms with van der Waals surface area (Å²) in [6.07, 6.45) is 0. The summed E-state index contributed by atoms with van der Waals surface area (Å²) >= 11 is 0. The van der Waals surface area contributed by atoms with Crippen LogP contribution in [0.2, 0.25) is 0 Å². The van der Waals surface area contributed by atoms with Crippen LogP contribution in [-0.4, -0.2) is 29.3 Å². The van der Waals surface area contributed by atoms with E-state index < -0.39 is 11.0 Å². The minimum atomic E-state index is -1.44. The third-order valence-corrected chi connectivity index (χ3v) is 4.74. The zero-order chi connectivity index (χ0) is 18.4. The lowest BCUT2D eigenvalue weighted by molar-refractivity contribution is 0.218. The van der Waals surface area contributed by atoms with E-state index in [-0.39, 0.29) is 6.03 Å². The van der Waals surface area contributed by atoms with Crippen molar-refractivity contribution in [2.24, 2.45) is 0 Å². The van der Waals surface area contributed by atoms with Crippen molar-refractivity contribution in [2.45, 2.75) is 25.3 Å². The van der Waals surface area contributed by atoms with Gasteiger partial charge in [-0.1, -0.05) is 26.0 Å². The molecule has 0 radical (unpaired) electrons. The first-order valence-electron chi connectivity index (χ1n) is 8.05. The molecule has 0 spiro atoms. The number of nitrogens with one attached hydrogen (secondary N) is 2. The fraction of sp³-hybridized carbons (Fsp3) is 0.278. The topological polar surface area (TPSA) is 70.7 Å². The minimum Gasteiger partial charge on any atom is -0.495 e. The van der Waals surface area contributed by atoms with Crippen LogP contribution in [0.15, 0.2) is 47.4 Å². The number of para-hydroxylation sites is 1. The molecular formula is C18H23N3O3S. The maximum Gasteiger partial charge on any atom is 0.321 e. The number of methoxy groups -OCH3 is 1. The highest BCUT2D eigenvalue weighted by atomic mass is 32.2. The van der Waals surface area contributed by atoms with Crippen molar-refractivity contribution < 1.29 is 13.7 Å². The largest absolute Gasteiger partial charge is 0.495 e. The number of nitrogens with zero attached hydrogens (tertiary/aromatic N) is 1. The van der Waals surface area contributed by atoms with Crippen LogP contribution in [0.25, 0.3) is 0 Å². The molecule has 1 aliphatic rings. The van der Waals surface area contributed by atoms with Gasteiger partial charge in [0.15, 0.2) is 11.0 Å². The van der Waals surface area contributed by atoms with Gasteiger partial charge in [-0.05, 0) is 35.9 Å². The van der Waals surface area contributed by atoms with Crippen LogP contribution >= 0.6 is 0 Å². The van der Waals surface area contributed by atoms with E-state index in [0.717, 1.165) is 16.9 Å². The Labute approximate surface area is 150 Å². The Morgan fingerprint density at radius 3 is 2.64 bits per heavy atom. The van der Waals surface area contributed by atoms with Crippen molar-refractivity contribution in [2.75, 3.05) is 24.2 Å². The van der Waals surface area contributed by atoms with E-state index in [1.54, 1.807) is 37.3 Å². The second-order valence-electron chi connectivity index (χ2n) is 5.18. The SMILES string of the molecule is CC.COc1ccccc1S(=O)Nc1ccc2c(c1)CN(C)C(=O)N2. The number of fused-ring (bicyclic) bond motifs is 1. The Morgan fingerprint density at radius 1 is 1.20 bits per heavy atom. The van der Waals surface area contributed by atoms with Crippen LogP contribution in [0.4, 0.5) is 16.2 Å². The average molecular weight is 361 g/mol. The van der Waals surface area contributed by atoms with Gasteiger partial charge in [-0.15, -0.1) is 0 Å². The van der Waals surface area contributed by atoms with Gasteiger partial charge in [0.2, 0.25) is 0 Å². The summed E-state index contributed by atoms with van der Waals surface area (Å²) in [7, 11) is 1.84. The Hall–Kier alpha value is -2.54. The highest BCUT2D eigenvalue weighted by Crippen LogP contribution is 2.27. The molecule has 2 amide bonds. The Bertz CT molecular complexity index is 780. The number of carbonyl (C=O) groups is 1. The van der Waals surface area contributed by atoms with Crippen LogP contribution in [0.5, 0.6) is 5.75 Å². The Balaban J connectivity index is 0.00000109. The molecule has 1 aliphatic heterocycles. The summed E-state index contributed by atoms with van der Waals surface area (Å²) < 4.78 is 20.7. The lowest BCUT2D eigenvalue weighted by Gasteiger charge is -2.26. The van der Waals surface area contributed by atoms with Crippen LogP contribution in [-0.2, 0) is 17.5 Å². The maximum absolute atomic E-state index is 12.5. The summed E-state index contributed by atoms with van der Waals surface area (Å²) in [6, 6.07) is 12.5. The molecule has 0 saturated heterocycles. The van der Waals surface area contributed by atoms with E-state index in [2.05, 4.69) is 10.0 Å². The molecule has 134 valence electrons. The molecule has 0 fully saturated rings. The second kappa shape index (κ2) is 8.53. The maximum atomic E-state index is 12.5. The molecule has 1 unspecified atom stereocenters. The van der Waals surface area contributed by atoms with Gasteiger partial charge in [0.05, 0.1) is 7.11 Å². The predicted octanol–water partition coefficient (Wildman–Crippen LogP) is 3.83. The van der Waals surface area contributed by atoms with E-state index in [4.69, 9.17) is 4.74 Å². The first-order valence-corrected chi connectivity index (χ1v) is 9.20. The fourth-order valence-electron chi connectivity index (χ4n) is 2.38. The molecule has 2 aromatic carbocycles. The monoisotopic (exact) mass is 361 g/mol. The molecule has 7 heteroatoms. The summed E-state index contributed by atoms with van der Waals surface area (Å²) in [6.45, 7) is 4.51. The van der Waals surface area contributed by atoms with Gasteiger partial charge in [0.25, 0.3) is 0 Å². The normalized spacial score (nSPS) is 13.8. The first-order chi connectivity index (χ1) is 12.1. The van der Waals surface area contributed by atoms with Crippen molar-refractivity contribution in [3.05, 3.63) is 48.0 Å². The van der Waals surface area contributed by atoms with Crippen molar-refractivity contribution >= 4 is 28.4 Å². The quantitative estimate of drug-likeness (QED) is 0.869. The van der Waals surface area contributed by atoms with Gasteiger partial charge in [-0.25, -0.2) is 9.00 Å². The number of anilines is 2. The van der Waals surface area contributed by atoms with Gasteiger partial charge in [0.1, 0.15) is 10.6 Å². The lowest BCUT2D eigenvalue weighted by Crippen LogP contribution is -2.35. The molecule has 1 atom stereocenters. The summed E-state index contributed by atoms with van der Waals surface area (Å²) in [5.74, 6) is 0.572. The number of benzene rings is 2. The molecule has 0 saturated carbocycles. The minimum absolute atomic E-state index is 0.129. The number of hydrogen-bond donors (Lipinski definition) is 2. The fourth-order valence-corrected chi connectivity index (χ4v) is 3.37. The summed E-state index contributed by atoms with van der Waals surface area (Å²) in [4.78, 5) is 13.8. The molecule has 25 heavy (non-hydrogen) atoms. The van der Waals surface area contributed by atoms with Gasteiger partial charge >= 0.3 is 6.03 Å². The first kappa shape index (κ1) is 18.8. The number of urea groups is 1. The molecule has 3 rings (SSSR count). The van der Waals surface area contributed by atoms with Crippen molar-refractivity contribution in [3.8, 4) is 5.75 Å². The number of rotatable bonds is 4. The number of ether oxygens (including phenoxy) is 1. The molecule has 6 nitrogen and oxygen atoms in total. The predicted molar refractivity (Wildman–Crippen MR) is 101 cm³/mol. The Morgan fingerprint density at radius 2 is 1.92 bits per heavy atom. The van der Waals surface area contributed by atoms with Crippen molar-refractivity contribution in [3.63, 3.8) is 0 Å². The smallest absolute Gasteiger partial charge is 0.321 e. The highest BCUT2D eigenvalue weighted by Gasteiger charge is 2.19. The molecule has 0 aliphatic carbocycles. The molecule has 0 bridgehead atoms. The average Bonchev–Trinajstić information content (AvgIpc) is 2.64. The van der Waals surface area contributed by atoms with Crippen molar-refractivity contribution in [1.82, 2.24) is 4.90 Å². The van der Waals surface area contributed by atoms with E-state index in [1.165, 1.54) is 0 Å². The summed E-state index contributed by atoms with van der Waals surface area (Å²) in [5, 5.41) is 2.80. The van der Waals surface area contributed by atoms with Crippen LogP contribution in [0.1, 0.15) is 19.4 Å². The number of amides is 2. The molecule has 1 heterocycles. The lowest BCUT2D eigenvalue weighted by atomic mass is 10.1. The standard InChI is InChI=1S/C16H17N3O3S.C2H6/c1-19-10-11-9-12(7-8-13(11)17-16(19)20)18-23(21)15-6-4-3-5-14(15)22-2;1-2/h3-9,18H,10H2,1-2H3,(H,17,20);1-2H3. The van der Waals surface area contributed by atoms with Crippen LogP contribution in [0, 0.1) is 0 Å². The summed E-state index contributed by atoms with van der Waals surface area (Å²) in [5.41, 5.74) is 2.47. The molecule has 2 aromatic rings. The highest BCUT2D eigenvalue weighted by molar-refractivity contribution is 7.86. The molecule has 2 N–H and O–H groups in total. The van der Waals surface area contributed by atoms with Gasteiger partial charge in [0, 0.05) is 25.0 Å². The second-order valence-corrected chi connectivity index (χ2v) is 6.36. The van der Waals surface area contributed by atoms with E-state index in [0.29, 0.717) is 17.2 Å². The third-order valence-electron chi connectivity index (χ3n) is 3.58. The van der Waals surface area contributed by atoms with E-state index >= 15 is 0 Å². The number of hydrogen-bond acceptors (Lipinski definition) is 3. The van der Waals surface area contributed by atoms with Gasteiger partial charge in [-0.3, -0.25) is 0 Å². The van der Waals surface area contributed by atoms with Gasteiger partial charge in [-0.2, -0.15) is 0 Å². The van der Waals surface area contributed by atoms with Crippen LogP contribution < -0.4 is 14.8 Å². The van der Waals surface area contributed by atoms with Gasteiger partial charge < -0.3 is 19.7 Å². The van der Waals surface area contributed by atoms with Crippen LogP contribution in [0.3, 0.4) is 0 Å². The zero-order valence-electron chi connectivity index (χ0n) is 14.8. The van der Waals surface area contributed by atoms with E-state index in [9.17, 15) is 9.00 Å².